The molecule has 4 heterocycles. The molecule has 0 saturated heterocycles. The van der Waals surface area contributed by atoms with Crippen molar-refractivity contribution in [3.63, 3.8) is 0 Å². The van der Waals surface area contributed by atoms with Gasteiger partial charge in [-0.25, -0.2) is 0 Å². The van der Waals surface area contributed by atoms with Crippen molar-refractivity contribution in [1.29, 1.82) is 0 Å². The van der Waals surface area contributed by atoms with Gasteiger partial charge in [-0.05, 0) is 202 Å². The van der Waals surface area contributed by atoms with E-state index in [0.717, 1.165) is 107 Å². The van der Waals surface area contributed by atoms with Gasteiger partial charge in [-0.1, -0.05) is 306 Å². The van der Waals surface area contributed by atoms with Crippen LogP contribution in [0, 0.1) is 0 Å². The normalized spacial score (nSPS) is 11.6. The molecule has 0 radical (unpaired) electrons. The molecule has 0 aliphatic carbocycles. The van der Waals surface area contributed by atoms with Gasteiger partial charge in [0.15, 0.2) is 0 Å². The summed E-state index contributed by atoms with van der Waals surface area (Å²) in [6, 6.07) is 123. The molecule has 0 amide bonds. The van der Waals surface area contributed by atoms with Crippen LogP contribution >= 0.6 is 63.7 Å². The Kier molecular flexibility index (Phi) is 16.9. The number of hydrogen-bond acceptors (Lipinski definition) is 4. The van der Waals surface area contributed by atoms with Crippen LogP contribution < -0.4 is 0 Å². The average molecular weight is 1620 g/mol. The first-order valence-electron chi connectivity index (χ1n) is 35.1. The van der Waals surface area contributed by atoms with Crippen molar-refractivity contribution < 1.29 is 17.7 Å². The summed E-state index contributed by atoms with van der Waals surface area (Å²) in [5.41, 5.74) is 19.1. The van der Waals surface area contributed by atoms with E-state index < -0.39 is 0 Å². The zero-order valence-electron chi connectivity index (χ0n) is 56.6. The van der Waals surface area contributed by atoms with Crippen molar-refractivity contribution >= 4 is 205 Å². The second-order valence-electron chi connectivity index (χ2n) is 26.7. The zero-order chi connectivity index (χ0) is 70.9. The van der Waals surface area contributed by atoms with E-state index in [1.807, 2.05) is 0 Å². The minimum atomic E-state index is 0.931. The summed E-state index contributed by atoms with van der Waals surface area (Å²) >= 11 is 14.1. The Bertz CT molecular complexity index is 7180. The Hall–Kier alpha value is -11.6. The molecule has 8 heteroatoms. The van der Waals surface area contributed by atoms with Gasteiger partial charge in [-0.3, -0.25) is 0 Å². The molecule has 0 aliphatic heterocycles. The summed E-state index contributed by atoms with van der Waals surface area (Å²) in [6.45, 7) is 0. The summed E-state index contributed by atoms with van der Waals surface area (Å²) in [5, 5.41) is 21.6. The van der Waals surface area contributed by atoms with Crippen LogP contribution in [0.25, 0.3) is 197 Å². The molecular weight excluding hydrogens is 1560 g/mol. The van der Waals surface area contributed by atoms with Gasteiger partial charge in [0.2, 0.25) is 0 Å². The molecule has 4 nitrogen and oxygen atoms in total. The minimum absolute atomic E-state index is 0.931. The topological polar surface area (TPSA) is 52.6 Å². The summed E-state index contributed by atoms with van der Waals surface area (Å²) in [7, 11) is 0. The standard InChI is InChI=1S/C28H17BrO.C26H15BrO.2C22H13BrO/c29-23-13-11-18(12-14-23)19-7-3-8-22(15-19)24-9-4-10-25-26-16-20-5-1-2-6-21(20)17-27(26)30-28(24)25;27-20-12-10-17-14-19(9-8-18(17)15-20)22-6-3-7-23-25-21-5-2-1-4-16(21)11-13-24(25)28-26(22)23;23-16-11-8-15(9-12-16)18-6-3-7-19-21-17-5-2-1-4-14(17)10-13-20(21)24-22(18)19;23-18-8-5-14(6-9-18)17-7-10-19-20-11-15-3-1-2-4-16(15)12-22(20)24-21(19)13-17/h1-17H;1-15H;2*1-13H. The van der Waals surface area contributed by atoms with E-state index in [9.17, 15) is 0 Å². The first-order valence-corrected chi connectivity index (χ1v) is 38.2. The van der Waals surface area contributed by atoms with Crippen molar-refractivity contribution in [2.24, 2.45) is 0 Å². The number of benzene rings is 18. The molecular formula is C98H58Br4O4. The van der Waals surface area contributed by atoms with E-state index in [2.05, 4.69) is 416 Å². The Labute approximate surface area is 642 Å². The summed E-state index contributed by atoms with van der Waals surface area (Å²) in [4.78, 5) is 0. The lowest BCUT2D eigenvalue weighted by atomic mass is 9.97. The molecule has 22 rings (SSSR count). The van der Waals surface area contributed by atoms with Gasteiger partial charge in [0, 0.05) is 77.7 Å². The molecule has 0 fully saturated rings. The van der Waals surface area contributed by atoms with Gasteiger partial charge >= 0.3 is 0 Å². The van der Waals surface area contributed by atoms with Crippen LogP contribution in [0.4, 0.5) is 0 Å². The molecule has 0 aliphatic rings. The maximum atomic E-state index is 6.40. The Balaban J connectivity index is 0.0000000971. The molecule has 4 aromatic heterocycles. The number of hydrogen-bond donors (Lipinski definition) is 0. The van der Waals surface area contributed by atoms with E-state index in [1.165, 1.54) is 109 Å². The average Bonchev–Trinajstić information content (AvgIpc) is 1.60. The highest BCUT2D eigenvalue weighted by molar-refractivity contribution is 9.11. The molecule has 0 atom stereocenters. The molecule has 0 spiro atoms. The maximum Gasteiger partial charge on any atom is 0.143 e. The van der Waals surface area contributed by atoms with Crippen LogP contribution in [0.3, 0.4) is 0 Å². The monoisotopic (exact) mass is 1610 g/mol. The molecule has 0 saturated carbocycles. The van der Waals surface area contributed by atoms with E-state index >= 15 is 0 Å². The Morgan fingerprint density at radius 2 is 0.509 bits per heavy atom. The van der Waals surface area contributed by atoms with Crippen LogP contribution in [-0.4, -0.2) is 0 Å². The lowest BCUT2D eigenvalue weighted by molar-refractivity contribution is 0.669. The molecule has 0 unspecified atom stereocenters. The van der Waals surface area contributed by atoms with Crippen molar-refractivity contribution in [2.75, 3.05) is 0 Å². The molecule has 0 N–H and O–H groups in total. The number of furan rings is 4. The summed E-state index contributed by atoms with van der Waals surface area (Å²) in [5.74, 6) is 0. The van der Waals surface area contributed by atoms with E-state index in [4.69, 9.17) is 17.7 Å². The number of para-hydroxylation sites is 3. The van der Waals surface area contributed by atoms with Crippen LogP contribution in [0.15, 0.2) is 387 Å². The molecule has 502 valence electrons. The van der Waals surface area contributed by atoms with Gasteiger partial charge < -0.3 is 17.7 Å². The lowest BCUT2D eigenvalue weighted by Gasteiger charge is -2.07. The minimum Gasteiger partial charge on any atom is -0.456 e. The second-order valence-corrected chi connectivity index (χ2v) is 30.3. The van der Waals surface area contributed by atoms with Crippen LogP contribution in [-0.2, 0) is 0 Å². The van der Waals surface area contributed by atoms with Gasteiger partial charge in [0.1, 0.15) is 44.7 Å². The van der Waals surface area contributed by atoms with E-state index in [-0.39, 0.29) is 0 Å². The first kappa shape index (κ1) is 65.2. The number of fused-ring (bicyclic) bond motifs is 19. The fourth-order valence-corrected chi connectivity index (χ4v) is 16.3. The highest BCUT2D eigenvalue weighted by Crippen LogP contribution is 2.44. The van der Waals surface area contributed by atoms with E-state index in [0.29, 0.717) is 0 Å². The first-order chi connectivity index (χ1) is 52.1. The quantitative estimate of drug-likeness (QED) is 0.172. The third-order valence-electron chi connectivity index (χ3n) is 20.3. The van der Waals surface area contributed by atoms with Gasteiger partial charge in [-0.2, -0.15) is 0 Å². The second kappa shape index (κ2) is 27.5. The fraction of sp³-hybridized carbons (Fsp3) is 0. The highest BCUT2D eigenvalue weighted by Gasteiger charge is 2.19. The van der Waals surface area contributed by atoms with Gasteiger partial charge in [0.05, 0.1) is 0 Å². The van der Waals surface area contributed by atoms with Crippen molar-refractivity contribution in [3.8, 4) is 55.6 Å². The van der Waals surface area contributed by atoms with Crippen LogP contribution in [0.5, 0.6) is 0 Å². The third kappa shape index (κ3) is 12.2. The lowest BCUT2D eigenvalue weighted by Crippen LogP contribution is -1.82. The summed E-state index contributed by atoms with van der Waals surface area (Å²) < 4.78 is 29.5. The molecule has 106 heavy (non-hydrogen) atoms. The largest absolute Gasteiger partial charge is 0.456 e. The van der Waals surface area contributed by atoms with Crippen molar-refractivity contribution in [2.45, 2.75) is 0 Å². The third-order valence-corrected chi connectivity index (χ3v) is 22.4. The van der Waals surface area contributed by atoms with Gasteiger partial charge in [-0.15, -0.1) is 0 Å². The Morgan fingerprint density at radius 1 is 0.160 bits per heavy atom. The highest BCUT2D eigenvalue weighted by atomic mass is 79.9. The van der Waals surface area contributed by atoms with Crippen LogP contribution in [0.1, 0.15) is 0 Å². The predicted octanol–water partition coefficient (Wildman–Crippen LogP) is 31.5. The van der Waals surface area contributed by atoms with Crippen molar-refractivity contribution in [1.82, 2.24) is 0 Å². The molecule has 0 bridgehead atoms. The number of halogens is 4. The predicted molar refractivity (Wildman–Crippen MR) is 460 cm³/mol. The molecule has 22 aromatic rings. The fourth-order valence-electron chi connectivity index (χ4n) is 15.1. The zero-order valence-corrected chi connectivity index (χ0v) is 63.0. The smallest absolute Gasteiger partial charge is 0.143 e. The van der Waals surface area contributed by atoms with E-state index in [1.54, 1.807) is 0 Å². The van der Waals surface area contributed by atoms with Crippen LogP contribution in [0.2, 0.25) is 0 Å². The maximum absolute atomic E-state index is 6.40. The van der Waals surface area contributed by atoms with Gasteiger partial charge in [0.25, 0.3) is 0 Å². The SMILES string of the molecule is Brc1ccc(-c2ccc3c(c2)oc2cc4ccccc4cc23)cc1.Brc1ccc(-c2cccc(-c3cccc4c3oc3cc5ccccc5cc34)c2)cc1.Brc1ccc(-c2cccc3c2oc2ccc4ccccc4c23)cc1.Brc1ccc2cc(-c3cccc4c3oc3ccc5ccccc5c34)ccc2c1. The summed E-state index contributed by atoms with van der Waals surface area (Å²) in [6.07, 6.45) is 0. The molecule has 18 aromatic carbocycles. The van der Waals surface area contributed by atoms with Crippen molar-refractivity contribution in [3.05, 3.63) is 370 Å². The Morgan fingerprint density at radius 3 is 1.08 bits per heavy atom. The number of rotatable bonds is 5.